The SMILES string of the molecule is COc1cccc([C@H]2CCCN2C(=O)N[C@@H]2CCCCNC2=O)c1. The van der Waals surface area contributed by atoms with Gasteiger partial charge in [-0.15, -0.1) is 0 Å². The molecule has 0 unspecified atom stereocenters. The van der Waals surface area contributed by atoms with Crippen LogP contribution in [0.2, 0.25) is 0 Å². The van der Waals surface area contributed by atoms with Gasteiger partial charge < -0.3 is 20.3 Å². The molecule has 1 aromatic rings. The Morgan fingerprint density at radius 1 is 1.29 bits per heavy atom. The summed E-state index contributed by atoms with van der Waals surface area (Å²) < 4.78 is 5.29. The van der Waals surface area contributed by atoms with Crippen molar-refractivity contribution in [3.8, 4) is 5.75 Å². The molecule has 0 bridgehead atoms. The van der Waals surface area contributed by atoms with E-state index >= 15 is 0 Å². The van der Waals surface area contributed by atoms with Crippen LogP contribution in [0.15, 0.2) is 24.3 Å². The molecule has 0 spiro atoms. The van der Waals surface area contributed by atoms with Crippen LogP contribution in [0.1, 0.15) is 43.7 Å². The number of methoxy groups -OCH3 is 1. The number of amides is 3. The molecule has 2 saturated heterocycles. The summed E-state index contributed by atoms with van der Waals surface area (Å²) >= 11 is 0. The Bertz CT molecular complexity index is 605. The average Bonchev–Trinajstić information content (AvgIpc) is 3.01. The summed E-state index contributed by atoms with van der Waals surface area (Å²) in [5.74, 6) is 0.723. The fourth-order valence-corrected chi connectivity index (χ4v) is 3.51. The first-order valence-corrected chi connectivity index (χ1v) is 8.68. The van der Waals surface area contributed by atoms with Gasteiger partial charge >= 0.3 is 6.03 Å². The highest BCUT2D eigenvalue weighted by atomic mass is 16.5. The van der Waals surface area contributed by atoms with Crippen molar-refractivity contribution in [3.63, 3.8) is 0 Å². The van der Waals surface area contributed by atoms with E-state index in [2.05, 4.69) is 10.6 Å². The van der Waals surface area contributed by atoms with Crippen LogP contribution < -0.4 is 15.4 Å². The van der Waals surface area contributed by atoms with Crippen molar-refractivity contribution >= 4 is 11.9 Å². The number of likely N-dealkylation sites (tertiary alicyclic amines) is 1. The molecule has 24 heavy (non-hydrogen) atoms. The molecule has 6 nitrogen and oxygen atoms in total. The van der Waals surface area contributed by atoms with Crippen molar-refractivity contribution in [3.05, 3.63) is 29.8 Å². The molecule has 2 fully saturated rings. The summed E-state index contributed by atoms with van der Waals surface area (Å²) in [6, 6.07) is 7.31. The molecule has 1 aromatic carbocycles. The van der Waals surface area contributed by atoms with Crippen LogP contribution in [0.25, 0.3) is 0 Å². The van der Waals surface area contributed by atoms with Gasteiger partial charge in [-0.3, -0.25) is 4.79 Å². The number of nitrogens with one attached hydrogen (secondary N) is 2. The molecule has 130 valence electrons. The maximum Gasteiger partial charge on any atom is 0.318 e. The number of hydrogen-bond acceptors (Lipinski definition) is 3. The minimum atomic E-state index is -0.424. The van der Waals surface area contributed by atoms with Crippen molar-refractivity contribution in [1.82, 2.24) is 15.5 Å². The molecule has 2 heterocycles. The minimum absolute atomic E-state index is 0.0361. The van der Waals surface area contributed by atoms with E-state index in [0.717, 1.165) is 37.0 Å². The largest absolute Gasteiger partial charge is 0.497 e. The molecule has 2 aliphatic heterocycles. The molecule has 2 N–H and O–H groups in total. The summed E-state index contributed by atoms with van der Waals surface area (Å²) in [7, 11) is 1.64. The monoisotopic (exact) mass is 331 g/mol. The predicted octanol–water partition coefficient (Wildman–Crippen LogP) is 2.21. The lowest BCUT2D eigenvalue weighted by atomic mass is 10.0. The minimum Gasteiger partial charge on any atom is -0.497 e. The lowest BCUT2D eigenvalue weighted by Crippen LogP contribution is -2.50. The Morgan fingerprint density at radius 3 is 3.00 bits per heavy atom. The van der Waals surface area contributed by atoms with Gasteiger partial charge in [-0.05, 0) is 49.8 Å². The quantitative estimate of drug-likeness (QED) is 0.892. The zero-order chi connectivity index (χ0) is 16.9. The third-order valence-electron chi connectivity index (χ3n) is 4.83. The average molecular weight is 331 g/mol. The van der Waals surface area contributed by atoms with Crippen molar-refractivity contribution in [2.75, 3.05) is 20.2 Å². The van der Waals surface area contributed by atoms with E-state index in [1.54, 1.807) is 7.11 Å². The van der Waals surface area contributed by atoms with E-state index in [-0.39, 0.29) is 18.0 Å². The lowest BCUT2D eigenvalue weighted by molar-refractivity contribution is -0.122. The Morgan fingerprint density at radius 2 is 2.17 bits per heavy atom. The van der Waals surface area contributed by atoms with Crippen LogP contribution in [-0.2, 0) is 4.79 Å². The number of carbonyl (C=O) groups is 2. The van der Waals surface area contributed by atoms with E-state index < -0.39 is 6.04 Å². The number of ether oxygens (including phenoxy) is 1. The summed E-state index contributed by atoms with van der Waals surface area (Å²) in [5, 5.41) is 5.78. The van der Waals surface area contributed by atoms with Crippen LogP contribution >= 0.6 is 0 Å². The van der Waals surface area contributed by atoms with Crippen LogP contribution in [0.5, 0.6) is 5.75 Å². The van der Waals surface area contributed by atoms with Gasteiger partial charge in [0.2, 0.25) is 5.91 Å². The van der Waals surface area contributed by atoms with Gasteiger partial charge in [-0.1, -0.05) is 12.1 Å². The lowest BCUT2D eigenvalue weighted by Gasteiger charge is -2.27. The number of hydrogen-bond donors (Lipinski definition) is 2. The maximum atomic E-state index is 12.7. The van der Waals surface area contributed by atoms with Crippen LogP contribution in [0.3, 0.4) is 0 Å². The zero-order valence-electron chi connectivity index (χ0n) is 14.1. The smallest absolute Gasteiger partial charge is 0.318 e. The number of benzene rings is 1. The van der Waals surface area contributed by atoms with Crippen molar-refractivity contribution in [1.29, 1.82) is 0 Å². The standard InChI is InChI=1S/C18H25N3O3/c1-24-14-7-4-6-13(12-14)16-9-5-11-21(16)18(23)20-15-8-2-3-10-19-17(15)22/h4,6-7,12,15-16H,2-3,5,8-11H2,1H3,(H,19,22)(H,20,23)/t15-,16-/m1/s1. The predicted molar refractivity (Wildman–Crippen MR) is 90.9 cm³/mol. The Labute approximate surface area is 142 Å². The second-order valence-corrected chi connectivity index (χ2v) is 6.42. The number of nitrogens with zero attached hydrogens (tertiary/aromatic N) is 1. The molecule has 3 amide bonds. The van der Waals surface area contributed by atoms with Gasteiger partial charge in [0.15, 0.2) is 0 Å². The number of carbonyl (C=O) groups excluding carboxylic acids is 2. The van der Waals surface area contributed by atoms with Crippen LogP contribution in [0, 0.1) is 0 Å². The second kappa shape index (κ2) is 7.55. The molecule has 0 aliphatic carbocycles. The van der Waals surface area contributed by atoms with E-state index in [4.69, 9.17) is 4.74 Å². The van der Waals surface area contributed by atoms with Crippen molar-refractivity contribution in [2.24, 2.45) is 0 Å². The highest BCUT2D eigenvalue weighted by Crippen LogP contribution is 2.33. The van der Waals surface area contributed by atoms with E-state index in [1.165, 1.54) is 0 Å². The van der Waals surface area contributed by atoms with Crippen molar-refractivity contribution in [2.45, 2.75) is 44.2 Å². The fraction of sp³-hybridized carbons (Fsp3) is 0.556. The van der Waals surface area contributed by atoms with Gasteiger partial charge in [-0.2, -0.15) is 0 Å². The van der Waals surface area contributed by atoms with Crippen molar-refractivity contribution < 1.29 is 14.3 Å². The number of rotatable bonds is 3. The Hall–Kier alpha value is -2.24. The van der Waals surface area contributed by atoms with E-state index in [1.807, 2.05) is 29.2 Å². The highest BCUT2D eigenvalue weighted by Gasteiger charge is 2.32. The highest BCUT2D eigenvalue weighted by molar-refractivity contribution is 5.87. The first kappa shape index (κ1) is 16.6. The van der Waals surface area contributed by atoms with Crippen LogP contribution in [0.4, 0.5) is 4.79 Å². The van der Waals surface area contributed by atoms with Crippen LogP contribution in [-0.4, -0.2) is 43.1 Å². The van der Waals surface area contributed by atoms with E-state index in [9.17, 15) is 9.59 Å². The molecule has 6 heteroatoms. The second-order valence-electron chi connectivity index (χ2n) is 6.42. The van der Waals surface area contributed by atoms with Gasteiger partial charge in [-0.25, -0.2) is 4.79 Å². The summed E-state index contributed by atoms with van der Waals surface area (Å²) in [6.07, 6.45) is 4.51. The molecular formula is C18H25N3O3. The van der Waals surface area contributed by atoms with Gasteiger partial charge in [0.05, 0.1) is 13.2 Å². The third-order valence-corrected chi connectivity index (χ3v) is 4.83. The molecule has 2 atom stereocenters. The summed E-state index contributed by atoms with van der Waals surface area (Å²) in [6.45, 7) is 1.41. The van der Waals surface area contributed by atoms with Gasteiger partial charge in [0, 0.05) is 13.1 Å². The third kappa shape index (κ3) is 3.63. The number of urea groups is 1. The van der Waals surface area contributed by atoms with Gasteiger partial charge in [0.25, 0.3) is 0 Å². The first-order valence-electron chi connectivity index (χ1n) is 8.68. The van der Waals surface area contributed by atoms with E-state index in [0.29, 0.717) is 19.5 Å². The topological polar surface area (TPSA) is 70.7 Å². The molecule has 2 aliphatic rings. The maximum absolute atomic E-state index is 12.7. The summed E-state index contributed by atoms with van der Waals surface area (Å²) in [5.41, 5.74) is 1.08. The van der Waals surface area contributed by atoms with Gasteiger partial charge in [0.1, 0.15) is 11.8 Å². The first-order chi connectivity index (χ1) is 11.7. The molecule has 0 saturated carbocycles. The molecule has 0 radical (unpaired) electrons. The molecule has 3 rings (SSSR count). The summed E-state index contributed by atoms with van der Waals surface area (Å²) in [4.78, 5) is 26.6. The Balaban J connectivity index is 1.70. The normalized spacial score (nSPS) is 24.2. The molecular weight excluding hydrogens is 306 g/mol. The molecule has 0 aromatic heterocycles. The fourth-order valence-electron chi connectivity index (χ4n) is 3.51. The Kier molecular flexibility index (Phi) is 5.23. The zero-order valence-corrected chi connectivity index (χ0v) is 14.1.